The molecule has 1 saturated heterocycles. The Kier molecular flexibility index (Phi) is 4.06. The normalized spacial score (nSPS) is 17.3. The highest BCUT2D eigenvalue weighted by atomic mass is 19.1. The SMILES string of the molecule is Nc1ccc(O[C@H]2CCN(C(=O)O)C2)c(-c2ccc(F)cc2)c1. The average Bonchev–Trinajstić information content (AvgIpc) is 2.99. The number of benzene rings is 2. The maximum Gasteiger partial charge on any atom is 0.407 e. The summed E-state index contributed by atoms with van der Waals surface area (Å²) in [6, 6.07) is 11.3. The molecule has 1 heterocycles. The lowest BCUT2D eigenvalue weighted by atomic mass is 10.0. The first-order valence-electron chi connectivity index (χ1n) is 7.33. The van der Waals surface area contributed by atoms with Gasteiger partial charge >= 0.3 is 6.09 Å². The molecule has 120 valence electrons. The van der Waals surface area contributed by atoms with Gasteiger partial charge in [-0.15, -0.1) is 0 Å². The van der Waals surface area contributed by atoms with Gasteiger partial charge in [0.25, 0.3) is 0 Å². The summed E-state index contributed by atoms with van der Waals surface area (Å²) in [6.07, 6.45) is -0.499. The number of nitrogen functional groups attached to an aromatic ring is 1. The van der Waals surface area contributed by atoms with Crippen LogP contribution >= 0.6 is 0 Å². The van der Waals surface area contributed by atoms with Gasteiger partial charge in [0.2, 0.25) is 0 Å². The zero-order chi connectivity index (χ0) is 16.4. The maximum atomic E-state index is 13.1. The van der Waals surface area contributed by atoms with Crippen LogP contribution in [-0.4, -0.2) is 35.3 Å². The van der Waals surface area contributed by atoms with Gasteiger partial charge in [0.1, 0.15) is 17.7 Å². The van der Waals surface area contributed by atoms with Crippen molar-refractivity contribution in [2.75, 3.05) is 18.8 Å². The molecule has 0 bridgehead atoms. The van der Waals surface area contributed by atoms with Gasteiger partial charge in [-0.1, -0.05) is 12.1 Å². The molecule has 0 unspecified atom stereocenters. The second kappa shape index (κ2) is 6.16. The smallest absolute Gasteiger partial charge is 0.407 e. The summed E-state index contributed by atoms with van der Waals surface area (Å²) in [5.41, 5.74) is 7.98. The molecule has 0 saturated carbocycles. The molecule has 0 radical (unpaired) electrons. The zero-order valence-electron chi connectivity index (χ0n) is 12.4. The van der Waals surface area contributed by atoms with Gasteiger partial charge in [-0.25, -0.2) is 9.18 Å². The molecule has 0 spiro atoms. The maximum absolute atomic E-state index is 13.1. The van der Waals surface area contributed by atoms with Crippen molar-refractivity contribution in [3.63, 3.8) is 0 Å². The minimum Gasteiger partial charge on any atom is -0.488 e. The third-order valence-electron chi connectivity index (χ3n) is 3.87. The first kappa shape index (κ1) is 15.1. The van der Waals surface area contributed by atoms with Gasteiger partial charge < -0.3 is 20.5 Å². The van der Waals surface area contributed by atoms with Gasteiger partial charge in [-0.2, -0.15) is 0 Å². The van der Waals surface area contributed by atoms with Crippen LogP contribution in [0.3, 0.4) is 0 Å². The number of nitrogens with zero attached hydrogens (tertiary/aromatic N) is 1. The molecule has 5 nitrogen and oxygen atoms in total. The number of hydrogen-bond donors (Lipinski definition) is 2. The molecule has 2 aromatic rings. The molecule has 0 aromatic heterocycles. The van der Waals surface area contributed by atoms with Crippen molar-refractivity contribution in [2.45, 2.75) is 12.5 Å². The molecule has 0 aliphatic carbocycles. The minimum absolute atomic E-state index is 0.200. The Morgan fingerprint density at radius 2 is 2.00 bits per heavy atom. The molecule has 1 atom stereocenters. The van der Waals surface area contributed by atoms with E-state index in [4.69, 9.17) is 15.6 Å². The third-order valence-corrected chi connectivity index (χ3v) is 3.87. The monoisotopic (exact) mass is 316 g/mol. The lowest BCUT2D eigenvalue weighted by Gasteiger charge is -2.18. The Bertz CT molecular complexity index is 718. The highest BCUT2D eigenvalue weighted by Crippen LogP contribution is 2.33. The first-order chi connectivity index (χ1) is 11.0. The average molecular weight is 316 g/mol. The van der Waals surface area contributed by atoms with E-state index in [-0.39, 0.29) is 11.9 Å². The summed E-state index contributed by atoms with van der Waals surface area (Å²) < 4.78 is 19.1. The molecule has 1 aliphatic rings. The summed E-state index contributed by atoms with van der Waals surface area (Å²) >= 11 is 0. The van der Waals surface area contributed by atoms with E-state index in [9.17, 15) is 9.18 Å². The van der Waals surface area contributed by atoms with Crippen LogP contribution in [0.5, 0.6) is 5.75 Å². The summed E-state index contributed by atoms with van der Waals surface area (Å²) in [5.74, 6) is 0.302. The van der Waals surface area contributed by atoms with Crippen LogP contribution in [0, 0.1) is 5.82 Å². The number of amides is 1. The van der Waals surface area contributed by atoms with Crippen LogP contribution < -0.4 is 10.5 Å². The van der Waals surface area contributed by atoms with Crippen molar-refractivity contribution in [3.05, 3.63) is 48.3 Å². The van der Waals surface area contributed by atoms with E-state index in [1.807, 2.05) is 0 Å². The second-order valence-electron chi connectivity index (χ2n) is 5.52. The summed E-state index contributed by atoms with van der Waals surface area (Å²) in [5, 5.41) is 9.01. The molecule has 3 rings (SSSR count). The van der Waals surface area contributed by atoms with Crippen molar-refractivity contribution in [2.24, 2.45) is 0 Å². The highest BCUT2D eigenvalue weighted by molar-refractivity contribution is 5.74. The van der Waals surface area contributed by atoms with Gasteiger partial charge in [0.15, 0.2) is 0 Å². The number of anilines is 1. The van der Waals surface area contributed by atoms with Crippen LogP contribution in [0.15, 0.2) is 42.5 Å². The number of rotatable bonds is 3. The minimum atomic E-state index is -0.938. The van der Waals surface area contributed by atoms with Crippen molar-refractivity contribution in [1.82, 2.24) is 4.90 Å². The van der Waals surface area contributed by atoms with Crippen LogP contribution in [0.1, 0.15) is 6.42 Å². The Morgan fingerprint density at radius 3 is 2.65 bits per heavy atom. The zero-order valence-corrected chi connectivity index (χ0v) is 12.4. The Balaban J connectivity index is 1.85. The molecular weight excluding hydrogens is 299 g/mol. The van der Waals surface area contributed by atoms with E-state index in [1.165, 1.54) is 17.0 Å². The Labute approximate surface area is 133 Å². The summed E-state index contributed by atoms with van der Waals surface area (Å²) in [7, 11) is 0. The second-order valence-corrected chi connectivity index (χ2v) is 5.52. The number of carboxylic acid groups (broad SMARTS) is 1. The van der Waals surface area contributed by atoms with Gasteiger partial charge in [0, 0.05) is 24.2 Å². The van der Waals surface area contributed by atoms with Crippen LogP contribution in [0.2, 0.25) is 0 Å². The standard InChI is InChI=1S/C17H17FN2O3/c18-12-3-1-11(2-4-12)15-9-13(19)5-6-16(15)23-14-7-8-20(10-14)17(21)22/h1-6,9,14H,7-8,10,19H2,(H,21,22)/t14-/m0/s1. The lowest BCUT2D eigenvalue weighted by molar-refractivity contribution is 0.146. The molecule has 6 heteroatoms. The number of hydrogen-bond acceptors (Lipinski definition) is 3. The highest BCUT2D eigenvalue weighted by Gasteiger charge is 2.27. The molecular formula is C17H17FN2O3. The summed E-state index contributed by atoms with van der Waals surface area (Å²) in [4.78, 5) is 12.3. The fourth-order valence-electron chi connectivity index (χ4n) is 2.68. The fraction of sp³-hybridized carbons (Fsp3) is 0.235. The van der Waals surface area contributed by atoms with Crippen molar-refractivity contribution in [3.8, 4) is 16.9 Å². The third kappa shape index (κ3) is 3.36. The van der Waals surface area contributed by atoms with Gasteiger partial charge in [-0.3, -0.25) is 0 Å². The van der Waals surface area contributed by atoms with Crippen LogP contribution in [0.25, 0.3) is 11.1 Å². The summed E-state index contributed by atoms with van der Waals surface area (Å²) in [6.45, 7) is 0.795. The van der Waals surface area contributed by atoms with Crippen LogP contribution in [-0.2, 0) is 0 Å². The quantitative estimate of drug-likeness (QED) is 0.853. The molecule has 1 aliphatic heterocycles. The lowest BCUT2D eigenvalue weighted by Crippen LogP contribution is -2.29. The van der Waals surface area contributed by atoms with Crippen molar-refractivity contribution < 1.29 is 19.0 Å². The predicted molar refractivity (Wildman–Crippen MR) is 84.9 cm³/mol. The van der Waals surface area contributed by atoms with E-state index in [0.717, 1.165) is 11.1 Å². The number of nitrogens with two attached hydrogens (primary N) is 1. The van der Waals surface area contributed by atoms with E-state index >= 15 is 0 Å². The van der Waals surface area contributed by atoms with Gasteiger partial charge in [0.05, 0.1) is 6.54 Å². The number of carbonyl (C=O) groups is 1. The molecule has 1 amide bonds. The first-order valence-corrected chi connectivity index (χ1v) is 7.33. The number of ether oxygens (including phenoxy) is 1. The Hall–Kier alpha value is -2.76. The van der Waals surface area contributed by atoms with E-state index < -0.39 is 6.09 Å². The van der Waals surface area contributed by atoms with E-state index in [1.54, 1.807) is 30.3 Å². The van der Waals surface area contributed by atoms with E-state index in [0.29, 0.717) is 30.9 Å². The van der Waals surface area contributed by atoms with Crippen molar-refractivity contribution in [1.29, 1.82) is 0 Å². The van der Waals surface area contributed by atoms with Gasteiger partial charge in [-0.05, 0) is 35.9 Å². The number of likely N-dealkylation sites (tertiary alicyclic amines) is 1. The number of halogens is 1. The molecule has 3 N–H and O–H groups in total. The largest absolute Gasteiger partial charge is 0.488 e. The predicted octanol–water partition coefficient (Wildman–Crippen LogP) is 3.21. The van der Waals surface area contributed by atoms with Crippen LogP contribution in [0.4, 0.5) is 14.9 Å². The molecule has 23 heavy (non-hydrogen) atoms. The topological polar surface area (TPSA) is 75.8 Å². The van der Waals surface area contributed by atoms with E-state index in [2.05, 4.69) is 0 Å². The molecule has 2 aromatic carbocycles. The van der Waals surface area contributed by atoms with Crippen molar-refractivity contribution >= 4 is 11.8 Å². The fourth-order valence-corrected chi connectivity index (χ4v) is 2.68. The molecule has 1 fully saturated rings. The Morgan fingerprint density at radius 1 is 1.26 bits per heavy atom.